The van der Waals surface area contributed by atoms with Gasteiger partial charge in [0.15, 0.2) is 0 Å². The van der Waals surface area contributed by atoms with Gasteiger partial charge in [-0.2, -0.15) is 0 Å². The number of para-hydroxylation sites is 2. The van der Waals surface area contributed by atoms with Gasteiger partial charge in [-0.05, 0) is 24.3 Å². The molecule has 0 saturated carbocycles. The van der Waals surface area contributed by atoms with Crippen LogP contribution in [0.25, 0.3) is 15.9 Å². The van der Waals surface area contributed by atoms with E-state index in [9.17, 15) is 4.79 Å². The number of benzene rings is 2. The summed E-state index contributed by atoms with van der Waals surface area (Å²) in [5.41, 5.74) is 1.99. The summed E-state index contributed by atoms with van der Waals surface area (Å²) in [6.45, 7) is 0. The zero-order valence-corrected chi connectivity index (χ0v) is 11.6. The van der Waals surface area contributed by atoms with Gasteiger partial charge >= 0.3 is 6.09 Å². The van der Waals surface area contributed by atoms with Gasteiger partial charge in [-0.3, -0.25) is 4.57 Å². The molecule has 0 fully saturated rings. The fourth-order valence-corrected chi connectivity index (χ4v) is 3.02. The summed E-state index contributed by atoms with van der Waals surface area (Å²) in [4.78, 5) is 16.1. The first-order chi connectivity index (χ1) is 9.79. The number of fused-ring (bicyclic) bond motifs is 1. The molecule has 0 aliphatic heterocycles. The molecule has 100 valence electrons. The van der Waals surface area contributed by atoms with Gasteiger partial charge in [-0.15, -0.1) is 4.99 Å². The predicted molar refractivity (Wildman–Crippen MR) is 79.1 cm³/mol. The van der Waals surface area contributed by atoms with Gasteiger partial charge < -0.3 is 4.74 Å². The zero-order valence-electron chi connectivity index (χ0n) is 10.8. The van der Waals surface area contributed by atoms with Crippen LogP contribution in [0, 0.1) is 0 Å². The Bertz CT molecular complexity index is 819. The van der Waals surface area contributed by atoms with Gasteiger partial charge in [0.25, 0.3) is 0 Å². The van der Waals surface area contributed by atoms with Crippen LogP contribution in [0.4, 0.5) is 4.79 Å². The molecule has 0 atom stereocenters. The van der Waals surface area contributed by atoms with Gasteiger partial charge in [-0.1, -0.05) is 41.7 Å². The highest BCUT2D eigenvalue weighted by atomic mass is 32.1. The molecule has 1 aromatic heterocycles. The number of carbonyl (C=O) groups is 1. The number of ether oxygens (including phenoxy) is 1. The van der Waals surface area contributed by atoms with Crippen molar-refractivity contribution in [3.05, 3.63) is 59.4 Å². The molecule has 4 nitrogen and oxygen atoms in total. The Balaban J connectivity index is 2.35. The monoisotopic (exact) mass is 284 g/mol. The Kier molecular flexibility index (Phi) is 3.35. The zero-order chi connectivity index (χ0) is 13.9. The Labute approximate surface area is 119 Å². The fourth-order valence-electron chi connectivity index (χ4n) is 2.00. The Morgan fingerprint density at radius 1 is 1.10 bits per heavy atom. The molecule has 0 aliphatic carbocycles. The van der Waals surface area contributed by atoms with E-state index in [0.29, 0.717) is 4.80 Å². The maximum Gasteiger partial charge on any atom is 0.436 e. The Hall–Kier alpha value is -2.40. The first kappa shape index (κ1) is 12.6. The smallest absolute Gasteiger partial charge is 0.436 e. The predicted octanol–water partition coefficient (Wildman–Crippen LogP) is 3.36. The molecule has 0 saturated heterocycles. The topological polar surface area (TPSA) is 43.6 Å². The lowest BCUT2D eigenvalue weighted by atomic mass is 10.3. The molecule has 0 N–H and O–H groups in total. The van der Waals surface area contributed by atoms with E-state index in [0.717, 1.165) is 15.9 Å². The van der Waals surface area contributed by atoms with Gasteiger partial charge in [0, 0.05) is 5.69 Å². The molecule has 1 heterocycles. The van der Waals surface area contributed by atoms with Crippen molar-refractivity contribution >= 4 is 27.6 Å². The molecule has 0 unspecified atom stereocenters. The molecular weight excluding hydrogens is 272 g/mol. The Morgan fingerprint density at radius 3 is 2.55 bits per heavy atom. The van der Waals surface area contributed by atoms with Crippen LogP contribution < -0.4 is 4.80 Å². The molecule has 0 radical (unpaired) electrons. The average molecular weight is 284 g/mol. The minimum Gasteiger partial charge on any atom is -0.451 e. The summed E-state index contributed by atoms with van der Waals surface area (Å²) in [6, 6.07) is 17.8. The summed E-state index contributed by atoms with van der Waals surface area (Å²) in [6.07, 6.45) is -0.596. The van der Waals surface area contributed by atoms with E-state index in [4.69, 9.17) is 0 Å². The number of hydrogen-bond donors (Lipinski definition) is 0. The van der Waals surface area contributed by atoms with Crippen LogP contribution in [-0.4, -0.2) is 17.8 Å². The lowest BCUT2D eigenvalue weighted by molar-refractivity contribution is 0.181. The van der Waals surface area contributed by atoms with Crippen molar-refractivity contribution in [1.82, 2.24) is 4.57 Å². The van der Waals surface area contributed by atoms with Crippen molar-refractivity contribution in [3.63, 3.8) is 0 Å². The van der Waals surface area contributed by atoms with Gasteiger partial charge in [0.2, 0.25) is 4.80 Å². The third-order valence-electron chi connectivity index (χ3n) is 2.87. The minimum atomic E-state index is -0.596. The maximum absolute atomic E-state index is 11.4. The van der Waals surface area contributed by atoms with Crippen molar-refractivity contribution in [2.24, 2.45) is 4.99 Å². The SMILES string of the molecule is COC(=O)N=c1sc2ccccc2n1-c1ccccc1. The van der Waals surface area contributed by atoms with Crippen LogP contribution in [0.3, 0.4) is 0 Å². The second-order valence-electron chi connectivity index (χ2n) is 4.11. The summed E-state index contributed by atoms with van der Waals surface area (Å²) in [5.74, 6) is 0. The van der Waals surface area contributed by atoms with Crippen LogP contribution in [0.1, 0.15) is 0 Å². The molecule has 3 aromatic rings. The first-order valence-electron chi connectivity index (χ1n) is 6.08. The van der Waals surface area contributed by atoms with E-state index in [-0.39, 0.29) is 0 Å². The van der Waals surface area contributed by atoms with Crippen molar-refractivity contribution in [1.29, 1.82) is 0 Å². The highest BCUT2D eigenvalue weighted by Crippen LogP contribution is 2.20. The van der Waals surface area contributed by atoms with Gasteiger partial charge in [0.05, 0.1) is 17.3 Å². The standard InChI is InChI=1S/C15H12N2O2S/c1-19-15(18)16-14-17(11-7-3-2-4-8-11)12-9-5-6-10-13(12)20-14/h2-10H,1H3. The molecule has 0 spiro atoms. The van der Waals surface area contributed by atoms with E-state index in [2.05, 4.69) is 9.73 Å². The molecule has 0 aliphatic rings. The van der Waals surface area contributed by atoms with E-state index in [1.165, 1.54) is 18.4 Å². The van der Waals surface area contributed by atoms with E-state index in [1.807, 2.05) is 59.2 Å². The second kappa shape index (κ2) is 5.30. The summed E-state index contributed by atoms with van der Waals surface area (Å²) >= 11 is 1.46. The van der Waals surface area contributed by atoms with Gasteiger partial charge in [-0.25, -0.2) is 4.79 Å². The lowest BCUT2D eigenvalue weighted by Crippen LogP contribution is -2.15. The van der Waals surface area contributed by atoms with Crippen LogP contribution in [0.5, 0.6) is 0 Å². The van der Waals surface area contributed by atoms with E-state index in [1.54, 1.807) is 0 Å². The largest absolute Gasteiger partial charge is 0.451 e. The average Bonchev–Trinajstić information content (AvgIpc) is 2.85. The summed E-state index contributed by atoms with van der Waals surface area (Å²) < 4.78 is 7.65. The van der Waals surface area contributed by atoms with Crippen LogP contribution in [0.2, 0.25) is 0 Å². The molecule has 1 amide bonds. The van der Waals surface area contributed by atoms with Crippen LogP contribution in [-0.2, 0) is 4.74 Å². The second-order valence-corrected chi connectivity index (χ2v) is 5.11. The number of thiazole rings is 1. The van der Waals surface area contributed by atoms with Crippen molar-refractivity contribution in [2.45, 2.75) is 0 Å². The fraction of sp³-hybridized carbons (Fsp3) is 0.0667. The number of hydrogen-bond acceptors (Lipinski definition) is 3. The third kappa shape index (κ3) is 2.23. The van der Waals surface area contributed by atoms with Crippen molar-refractivity contribution in [2.75, 3.05) is 7.11 Å². The lowest BCUT2D eigenvalue weighted by Gasteiger charge is -2.04. The highest BCUT2D eigenvalue weighted by molar-refractivity contribution is 7.16. The highest BCUT2D eigenvalue weighted by Gasteiger charge is 2.08. The number of rotatable bonds is 1. The molecule has 2 aromatic carbocycles. The van der Waals surface area contributed by atoms with Crippen LogP contribution >= 0.6 is 11.3 Å². The Morgan fingerprint density at radius 2 is 1.80 bits per heavy atom. The maximum atomic E-state index is 11.4. The number of methoxy groups -OCH3 is 1. The summed E-state index contributed by atoms with van der Waals surface area (Å²) in [5, 5.41) is 0. The number of carbonyl (C=O) groups excluding carboxylic acids is 1. The van der Waals surface area contributed by atoms with Crippen molar-refractivity contribution < 1.29 is 9.53 Å². The normalized spacial score (nSPS) is 11.8. The summed E-state index contributed by atoms with van der Waals surface area (Å²) in [7, 11) is 1.33. The molecule has 0 bridgehead atoms. The van der Waals surface area contributed by atoms with E-state index < -0.39 is 6.09 Å². The van der Waals surface area contributed by atoms with Gasteiger partial charge in [0.1, 0.15) is 0 Å². The number of amides is 1. The first-order valence-corrected chi connectivity index (χ1v) is 6.90. The number of aromatic nitrogens is 1. The molecule has 3 rings (SSSR count). The quantitative estimate of drug-likeness (QED) is 0.687. The molecule has 20 heavy (non-hydrogen) atoms. The van der Waals surface area contributed by atoms with Crippen LogP contribution in [0.15, 0.2) is 59.6 Å². The third-order valence-corrected chi connectivity index (χ3v) is 3.90. The minimum absolute atomic E-state index is 0.596. The molecular formula is C15H12N2O2S. The molecule has 5 heteroatoms. The number of nitrogens with zero attached hydrogens (tertiary/aromatic N) is 2. The van der Waals surface area contributed by atoms with E-state index >= 15 is 0 Å². The van der Waals surface area contributed by atoms with Crippen molar-refractivity contribution in [3.8, 4) is 5.69 Å².